The molecular weight excluding hydrogens is 363 g/mol. The van der Waals surface area contributed by atoms with Gasteiger partial charge in [0.2, 0.25) is 0 Å². The van der Waals surface area contributed by atoms with Crippen molar-refractivity contribution in [1.29, 1.82) is 0 Å². The summed E-state index contributed by atoms with van der Waals surface area (Å²) >= 11 is 2.26. The molecule has 2 aromatic rings. The van der Waals surface area contributed by atoms with Gasteiger partial charge in [-0.3, -0.25) is 0 Å². The minimum Gasteiger partial charge on any atom is -0.496 e. The van der Waals surface area contributed by atoms with Crippen LogP contribution in [0.4, 0.5) is 0 Å². The van der Waals surface area contributed by atoms with Crippen LogP contribution in [0.5, 0.6) is 5.75 Å². The maximum atomic E-state index is 11.0. The van der Waals surface area contributed by atoms with Crippen molar-refractivity contribution < 1.29 is 9.84 Å². The number of benzene rings is 2. The third-order valence-electron chi connectivity index (χ3n) is 3.67. The van der Waals surface area contributed by atoms with Crippen molar-refractivity contribution in [3.63, 3.8) is 0 Å². The van der Waals surface area contributed by atoms with Crippen LogP contribution in [-0.4, -0.2) is 12.2 Å². The molecule has 0 heterocycles. The third kappa shape index (κ3) is 2.83. The van der Waals surface area contributed by atoms with Gasteiger partial charge in [-0.15, -0.1) is 0 Å². The fraction of sp³-hybridized carbons (Fsp3) is 0.294. The van der Waals surface area contributed by atoms with Crippen LogP contribution in [-0.2, 0) is 5.60 Å². The van der Waals surface area contributed by atoms with Crippen molar-refractivity contribution in [1.82, 2.24) is 0 Å². The number of hydrogen-bond acceptors (Lipinski definition) is 2. The van der Waals surface area contributed by atoms with Gasteiger partial charge in [0.25, 0.3) is 0 Å². The van der Waals surface area contributed by atoms with Crippen molar-refractivity contribution in [2.75, 3.05) is 7.11 Å². The van der Waals surface area contributed by atoms with Crippen LogP contribution < -0.4 is 4.74 Å². The maximum Gasteiger partial charge on any atom is 0.122 e. The van der Waals surface area contributed by atoms with E-state index in [1.165, 1.54) is 0 Å². The highest BCUT2D eigenvalue weighted by Crippen LogP contribution is 2.34. The second-order valence-corrected chi connectivity index (χ2v) is 6.46. The fourth-order valence-corrected chi connectivity index (χ4v) is 2.82. The summed E-state index contributed by atoms with van der Waals surface area (Å²) in [5.74, 6) is 0.852. The Balaban J connectivity index is 2.54. The molecule has 20 heavy (non-hydrogen) atoms. The van der Waals surface area contributed by atoms with Gasteiger partial charge in [-0.2, -0.15) is 0 Å². The lowest BCUT2D eigenvalue weighted by molar-refractivity contribution is 0.101. The summed E-state index contributed by atoms with van der Waals surface area (Å²) in [4.78, 5) is 0. The topological polar surface area (TPSA) is 29.5 Å². The van der Waals surface area contributed by atoms with Crippen LogP contribution >= 0.6 is 22.6 Å². The molecule has 0 bridgehead atoms. The number of aliphatic hydroxyl groups is 1. The lowest BCUT2D eigenvalue weighted by Gasteiger charge is -2.27. The van der Waals surface area contributed by atoms with Crippen LogP contribution in [0.15, 0.2) is 36.4 Å². The summed E-state index contributed by atoms with van der Waals surface area (Å²) in [6.07, 6.45) is 0. The van der Waals surface area contributed by atoms with Gasteiger partial charge < -0.3 is 9.84 Å². The average molecular weight is 382 g/mol. The highest BCUT2D eigenvalue weighted by molar-refractivity contribution is 14.1. The Kier molecular flexibility index (Phi) is 4.39. The first-order valence-electron chi connectivity index (χ1n) is 6.50. The van der Waals surface area contributed by atoms with Gasteiger partial charge >= 0.3 is 0 Å². The predicted octanol–water partition coefficient (Wildman–Crippen LogP) is 4.17. The van der Waals surface area contributed by atoms with Crippen LogP contribution in [0.3, 0.4) is 0 Å². The van der Waals surface area contributed by atoms with Crippen LogP contribution in [0.25, 0.3) is 0 Å². The lowest BCUT2D eigenvalue weighted by atomic mass is 9.84. The van der Waals surface area contributed by atoms with E-state index < -0.39 is 5.60 Å². The number of halogens is 1. The van der Waals surface area contributed by atoms with Crippen LogP contribution in [0.2, 0.25) is 0 Å². The van der Waals surface area contributed by atoms with Crippen molar-refractivity contribution in [2.24, 2.45) is 0 Å². The zero-order valence-corrected chi connectivity index (χ0v) is 14.4. The smallest absolute Gasteiger partial charge is 0.122 e. The van der Waals surface area contributed by atoms with Crippen molar-refractivity contribution in [2.45, 2.75) is 26.4 Å². The van der Waals surface area contributed by atoms with Crippen LogP contribution in [0, 0.1) is 17.4 Å². The van der Waals surface area contributed by atoms with Crippen molar-refractivity contribution in [3.8, 4) is 5.75 Å². The summed E-state index contributed by atoms with van der Waals surface area (Å²) < 4.78 is 6.49. The van der Waals surface area contributed by atoms with E-state index >= 15 is 0 Å². The Labute approximate surface area is 133 Å². The third-order valence-corrected chi connectivity index (χ3v) is 4.39. The Morgan fingerprint density at radius 2 is 1.65 bits per heavy atom. The molecule has 2 rings (SSSR count). The molecule has 2 aromatic carbocycles. The minimum absolute atomic E-state index is 0.852. The lowest BCUT2D eigenvalue weighted by Crippen LogP contribution is -2.24. The van der Waals surface area contributed by atoms with Gasteiger partial charge in [0.1, 0.15) is 11.4 Å². The Bertz CT molecular complexity index is 616. The number of aryl methyl sites for hydroxylation is 2. The van der Waals surface area contributed by atoms with Gasteiger partial charge in [0.15, 0.2) is 0 Å². The SMILES string of the molecule is COc1cc(C)c(C(C)(O)c2ccc(I)cc2)cc1C. The van der Waals surface area contributed by atoms with Gasteiger partial charge in [-0.25, -0.2) is 0 Å². The number of hydrogen-bond donors (Lipinski definition) is 1. The highest BCUT2D eigenvalue weighted by Gasteiger charge is 2.28. The largest absolute Gasteiger partial charge is 0.496 e. The second-order valence-electron chi connectivity index (χ2n) is 5.22. The molecule has 2 nitrogen and oxygen atoms in total. The van der Waals surface area contributed by atoms with Gasteiger partial charge in [-0.1, -0.05) is 12.1 Å². The summed E-state index contributed by atoms with van der Waals surface area (Å²) in [6, 6.07) is 12.0. The summed E-state index contributed by atoms with van der Waals surface area (Å²) in [5, 5.41) is 11.0. The molecule has 0 radical (unpaired) electrons. The van der Waals surface area contributed by atoms with Gasteiger partial charge in [0.05, 0.1) is 7.11 Å². The molecule has 0 amide bonds. The maximum absolute atomic E-state index is 11.0. The van der Waals surface area contributed by atoms with E-state index in [1.807, 2.05) is 57.2 Å². The standard InChI is InChI=1S/C17H19IO2/c1-11-10-16(20-4)12(2)9-15(11)17(3,19)13-5-7-14(18)8-6-13/h5-10,19H,1-4H3. The summed E-state index contributed by atoms with van der Waals surface area (Å²) in [5.41, 5.74) is 2.85. The van der Waals surface area contributed by atoms with E-state index in [2.05, 4.69) is 22.6 Å². The highest BCUT2D eigenvalue weighted by atomic mass is 127. The summed E-state index contributed by atoms with van der Waals surface area (Å²) in [7, 11) is 1.67. The minimum atomic E-state index is -1.01. The quantitative estimate of drug-likeness (QED) is 0.808. The molecule has 0 aromatic heterocycles. The first kappa shape index (κ1) is 15.3. The number of ether oxygens (including phenoxy) is 1. The molecule has 0 aliphatic heterocycles. The Morgan fingerprint density at radius 1 is 1.05 bits per heavy atom. The van der Waals surface area contributed by atoms with Crippen LogP contribution in [0.1, 0.15) is 29.2 Å². The fourth-order valence-electron chi connectivity index (χ4n) is 2.46. The molecule has 3 heteroatoms. The molecule has 0 saturated carbocycles. The van der Waals surface area contributed by atoms with E-state index in [9.17, 15) is 5.11 Å². The second kappa shape index (κ2) is 5.74. The molecule has 0 aliphatic carbocycles. The molecule has 1 atom stereocenters. The van der Waals surface area contributed by atoms with E-state index in [1.54, 1.807) is 7.11 Å². The normalized spacial score (nSPS) is 13.9. The molecule has 106 valence electrons. The molecule has 0 aliphatic rings. The molecule has 0 saturated heterocycles. The summed E-state index contributed by atoms with van der Waals surface area (Å²) in [6.45, 7) is 5.83. The van der Waals surface area contributed by atoms with Gasteiger partial charge in [0, 0.05) is 3.57 Å². The Morgan fingerprint density at radius 3 is 2.20 bits per heavy atom. The van der Waals surface area contributed by atoms with Gasteiger partial charge in [-0.05, 0) is 89.9 Å². The molecule has 1 unspecified atom stereocenters. The molecule has 0 spiro atoms. The van der Waals surface area contributed by atoms with E-state index in [-0.39, 0.29) is 0 Å². The molecular formula is C17H19IO2. The van der Waals surface area contributed by atoms with E-state index in [4.69, 9.17) is 4.74 Å². The molecule has 1 N–H and O–H groups in total. The van der Waals surface area contributed by atoms with Crippen molar-refractivity contribution >= 4 is 22.6 Å². The Hall–Kier alpha value is -1.07. The molecule has 0 fully saturated rings. The zero-order chi connectivity index (χ0) is 14.9. The first-order chi connectivity index (χ1) is 9.36. The van der Waals surface area contributed by atoms with E-state index in [0.29, 0.717) is 0 Å². The predicted molar refractivity (Wildman–Crippen MR) is 90.3 cm³/mol. The monoisotopic (exact) mass is 382 g/mol. The number of methoxy groups -OCH3 is 1. The first-order valence-corrected chi connectivity index (χ1v) is 7.58. The van der Waals surface area contributed by atoms with Crippen molar-refractivity contribution in [3.05, 3.63) is 62.2 Å². The van der Waals surface area contributed by atoms with E-state index in [0.717, 1.165) is 31.6 Å². The zero-order valence-electron chi connectivity index (χ0n) is 12.2. The number of rotatable bonds is 3. The average Bonchev–Trinajstić information content (AvgIpc) is 2.41.